The van der Waals surface area contributed by atoms with Crippen molar-refractivity contribution < 1.29 is 19.1 Å². The summed E-state index contributed by atoms with van der Waals surface area (Å²) in [6.07, 6.45) is 2.36. The van der Waals surface area contributed by atoms with Crippen LogP contribution in [0.4, 0.5) is 0 Å². The highest BCUT2D eigenvalue weighted by Gasteiger charge is 2.63. The molecule has 2 aliphatic heterocycles. The van der Waals surface area contributed by atoms with Crippen LogP contribution < -0.4 is 4.74 Å². The lowest BCUT2D eigenvalue weighted by atomic mass is 9.81. The van der Waals surface area contributed by atoms with E-state index >= 15 is 0 Å². The standard InChI is InChI=1S/C21H20ClNO4S/c1-2-14-19(23-15(28-14)9-26-11-5-3-10(22)4-6-11)18-20(24)16-12-7-8-13(27-12)17(16)21(18)25/h3-6,12-13,16-18H,2,7-9H2,1H3/t12-,13+,16-,17+,18?. The molecule has 1 aromatic carbocycles. The number of aryl methyl sites for hydroxylation is 1. The molecule has 2 aromatic rings. The molecular formula is C21H20ClNO4S. The van der Waals surface area contributed by atoms with Crippen LogP contribution in [0.3, 0.4) is 0 Å². The minimum Gasteiger partial charge on any atom is -0.486 e. The lowest BCUT2D eigenvalue weighted by molar-refractivity contribution is -0.127. The summed E-state index contributed by atoms with van der Waals surface area (Å²) in [5.41, 5.74) is 0.644. The molecule has 1 saturated carbocycles. The third-order valence-electron chi connectivity index (χ3n) is 6.04. The number of ether oxygens (including phenoxy) is 2. The van der Waals surface area contributed by atoms with E-state index in [1.165, 1.54) is 11.3 Å². The number of Topliss-reactive ketones (excluding diaryl/α,β-unsaturated/α-hetero) is 2. The first-order valence-electron chi connectivity index (χ1n) is 9.66. The number of hydrogen-bond acceptors (Lipinski definition) is 6. The molecule has 1 aromatic heterocycles. The minimum atomic E-state index is -0.725. The van der Waals surface area contributed by atoms with Crippen molar-refractivity contribution >= 4 is 34.5 Å². The van der Waals surface area contributed by atoms with Gasteiger partial charge in [0.15, 0.2) is 11.6 Å². The summed E-state index contributed by atoms with van der Waals surface area (Å²) < 4.78 is 11.6. The van der Waals surface area contributed by atoms with E-state index in [2.05, 4.69) is 4.98 Å². The number of rotatable bonds is 5. The topological polar surface area (TPSA) is 65.5 Å². The Morgan fingerprint density at radius 2 is 1.79 bits per heavy atom. The molecule has 1 unspecified atom stereocenters. The van der Waals surface area contributed by atoms with E-state index in [9.17, 15) is 9.59 Å². The maximum Gasteiger partial charge on any atom is 0.155 e. The highest BCUT2D eigenvalue weighted by Crippen LogP contribution is 2.52. The molecule has 0 amide bonds. The number of nitrogens with zero attached hydrogens (tertiary/aromatic N) is 1. The average Bonchev–Trinajstić information content (AvgIpc) is 3.45. The average molecular weight is 418 g/mol. The van der Waals surface area contributed by atoms with Gasteiger partial charge in [-0.1, -0.05) is 18.5 Å². The van der Waals surface area contributed by atoms with Crippen LogP contribution in [0.15, 0.2) is 24.3 Å². The number of hydrogen-bond donors (Lipinski definition) is 0. The van der Waals surface area contributed by atoms with Gasteiger partial charge in [0.2, 0.25) is 0 Å². The minimum absolute atomic E-state index is 0.00682. The Bertz CT molecular complexity index is 912. The van der Waals surface area contributed by atoms with Gasteiger partial charge in [-0.2, -0.15) is 0 Å². The Hall–Kier alpha value is -1.76. The maximum absolute atomic E-state index is 13.1. The molecule has 3 fully saturated rings. The normalized spacial score (nSPS) is 30.9. The van der Waals surface area contributed by atoms with Gasteiger partial charge in [-0.15, -0.1) is 11.3 Å². The fourth-order valence-corrected chi connectivity index (χ4v) is 5.91. The van der Waals surface area contributed by atoms with Crippen LogP contribution in [0.1, 0.15) is 41.3 Å². The Balaban J connectivity index is 1.39. The molecule has 0 spiro atoms. The first kappa shape index (κ1) is 18.3. The van der Waals surface area contributed by atoms with Crippen molar-refractivity contribution in [1.29, 1.82) is 0 Å². The molecule has 5 rings (SSSR count). The van der Waals surface area contributed by atoms with Crippen LogP contribution in [0.25, 0.3) is 0 Å². The summed E-state index contributed by atoms with van der Waals surface area (Å²) in [5.74, 6) is -0.541. The van der Waals surface area contributed by atoms with E-state index < -0.39 is 5.92 Å². The van der Waals surface area contributed by atoms with Crippen molar-refractivity contribution in [3.05, 3.63) is 44.9 Å². The monoisotopic (exact) mass is 417 g/mol. The van der Waals surface area contributed by atoms with Crippen molar-refractivity contribution in [1.82, 2.24) is 4.98 Å². The van der Waals surface area contributed by atoms with Gasteiger partial charge in [-0.05, 0) is 43.5 Å². The van der Waals surface area contributed by atoms with Crippen LogP contribution in [0, 0.1) is 11.8 Å². The maximum atomic E-state index is 13.1. The van der Waals surface area contributed by atoms with E-state index in [0.717, 1.165) is 29.1 Å². The van der Waals surface area contributed by atoms with Crippen LogP contribution >= 0.6 is 22.9 Å². The fourth-order valence-electron chi connectivity index (χ4n) is 4.83. The summed E-state index contributed by atoms with van der Waals surface area (Å²) >= 11 is 7.42. The molecule has 3 aliphatic rings. The van der Waals surface area contributed by atoms with Gasteiger partial charge in [0.1, 0.15) is 23.3 Å². The molecule has 7 heteroatoms. The van der Waals surface area contributed by atoms with Crippen LogP contribution in [-0.2, 0) is 27.4 Å². The molecule has 5 nitrogen and oxygen atoms in total. The zero-order valence-electron chi connectivity index (χ0n) is 15.4. The van der Waals surface area contributed by atoms with Gasteiger partial charge in [0.25, 0.3) is 0 Å². The summed E-state index contributed by atoms with van der Waals surface area (Å²) in [7, 11) is 0. The number of carbonyl (C=O) groups excluding carboxylic acids is 2. The SMILES string of the molecule is CCc1sc(COc2ccc(Cl)cc2)nc1C1C(=O)[C@@H]2[C@H](C1=O)[C@H]1CC[C@@H]2O1. The third-order valence-corrected chi connectivity index (χ3v) is 7.48. The predicted molar refractivity (Wildman–Crippen MR) is 105 cm³/mol. The summed E-state index contributed by atoms with van der Waals surface area (Å²) in [5, 5.41) is 1.43. The highest BCUT2D eigenvalue weighted by molar-refractivity contribution is 7.11. The Kier molecular flexibility index (Phi) is 4.53. The number of thiazole rings is 1. The Morgan fingerprint density at radius 3 is 2.39 bits per heavy atom. The lowest BCUT2D eigenvalue weighted by Crippen LogP contribution is -2.29. The molecule has 0 radical (unpaired) electrons. The third kappa shape index (κ3) is 2.81. The van der Waals surface area contributed by atoms with Crippen LogP contribution in [0.2, 0.25) is 5.02 Å². The molecule has 1 aliphatic carbocycles. The number of carbonyl (C=O) groups is 2. The molecule has 5 atom stereocenters. The first-order chi connectivity index (χ1) is 13.6. The number of aromatic nitrogens is 1. The summed E-state index contributed by atoms with van der Waals surface area (Å²) in [4.78, 5) is 31.9. The molecule has 0 N–H and O–H groups in total. The van der Waals surface area contributed by atoms with Crippen molar-refractivity contribution in [3.8, 4) is 5.75 Å². The van der Waals surface area contributed by atoms with Gasteiger partial charge in [-0.3, -0.25) is 9.59 Å². The van der Waals surface area contributed by atoms with Gasteiger partial charge >= 0.3 is 0 Å². The van der Waals surface area contributed by atoms with Crippen molar-refractivity contribution in [2.75, 3.05) is 0 Å². The zero-order valence-corrected chi connectivity index (χ0v) is 17.0. The van der Waals surface area contributed by atoms with Crippen molar-refractivity contribution in [2.45, 2.75) is 50.9 Å². The summed E-state index contributed by atoms with van der Waals surface area (Å²) in [6.45, 7) is 2.33. The second kappa shape index (κ2) is 6.94. The summed E-state index contributed by atoms with van der Waals surface area (Å²) in [6, 6.07) is 7.15. The Labute approximate surface area is 172 Å². The molecule has 28 heavy (non-hydrogen) atoms. The largest absolute Gasteiger partial charge is 0.486 e. The van der Waals surface area contributed by atoms with Crippen molar-refractivity contribution in [3.63, 3.8) is 0 Å². The van der Waals surface area contributed by atoms with E-state index in [0.29, 0.717) is 23.1 Å². The van der Waals surface area contributed by atoms with Crippen LogP contribution in [-0.4, -0.2) is 28.8 Å². The molecular weight excluding hydrogens is 398 g/mol. The van der Waals surface area contributed by atoms with E-state index in [-0.39, 0.29) is 35.6 Å². The van der Waals surface area contributed by atoms with Crippen LogP contribution in [0.5, 0.6) is 5.75 Å². The van der Waals surface area contributed by atoms with Gasteiger partial charge in [0, 0.05) is 9.90 Å². The van der Waals surface area contributed by atoms with E-state index in [1.807, 2.05) is 6.92 Å². The second-order valence-electron chi connectivity index (χ2n) is 7.59. The van der Waals surface area contributed by atoms with E-state index in [1.54, 1.807) is 24.3 Å². The number of benzene rings is 1. The highest BCUT2D eigenvalue weighted by atomic mass is 35.5. The molecule has 2 bridgehead atoms. The van der Waals surface area contributed by atoms with Gasteiger partial charge in [0.05, 0.1) is 29.7 Å². The lowest BCUT2D eigenvalue weighted by Gasteiger charge is -2.16. The number of halogens is 1. The van der Waals surface area contributed by atoms with Crippen molar-refractivity contribution in [2.24, 2.45) is 11.8 Å². The first-order valence-corrected chi connectivity index (χ1v) is 10.9. The second-order valence-corrected chi connectivity index (χ2v) is 9.20. The quantitative estimate of drug-likeness (QED) is 0.689. The van der Waals surface area contributed by atoms with Gasteiger partial charge < -0.3 is 9.47 Å². The Morgan fingerprint density at radius 1 is 1.14 bits per heavy atom. The van der Waals surface area contributed by atoms with Gasteiger partial charge in [-0.25, -0.2) is 4.98 Å². The fraction of sp³-hybridized carbons (Fsp3) is 0.476. The molecule has 3 heterocycles. The predicted octanol–water partition coefficient (Wildman–Crippen LogP) is 3.97. The van der Waals surface area contributed by atoms with E-state index in [4.69, 9.17) is 21.1 Å². The molecule has 2 saturated heterocycles. The smallest absolute Gasteiger partial charge is 0.155 e. The number of ketones is 2. The number of fused-ring (bicyclic) bond motifs is 5. The molecule has 146 valence electrons. The zero-order chi connectivity index (χ0) is 19.4.